The number of hydrogen-bond donors (Lipinski definition) is 1. The standard InChI is InChI=1S/C17H18N4/c1-12-19-17(15-9-5-11-18-15)21(20-12)16-10-4-7-13-6-2-3-8-14(13)16/h2-4,6-8,10,15,18H,5,9,11H2,1H3. The molecule has 0 aliphatic carbocycles. The fourth-order valence-corrected chi connectivity index (χ4v) is 3.13. The van der Waals surface area contributed by atoms with Gasteiger partial charge < -0.3 is 5.32 Å². The zero-order valence-electron chi connectivity index (χ0n) is 12.1. The van der Waals surface area contributed by atoms with Gasteiger partial charge in [0.1, 0.15) is 11.6 Å². The van der Waals surface area contributed by atoms with Gasteiger partial charge in [0.05, 0.1) is 11.7 Å². The number of benzene rings is 2. The number of rotatable bonds is 2. The molecule has 1 aliphatic rings. The molecule has 1 unspecified atom stereocenters. The van der Waals surface area contributed by atoms with E-state index in [1.807, 2.05) is 11.6 Å². The third-order valence-corrected chi connectivity index (χ3v) is 4.10. The Bertz CT molecular complexity index is 779. The van der Waals surface area contributed by atoms with Crippen molar-refractivity contribution in [1.29, 1.82) is 0 Å². The first kappa shape index (κ1) is 12.5. The smallest absolute Gasteiger partial charge is 0.149 e. The summed E-state index contributed by atoms with van der Waals surface area (Å²) >= 11 is 0. The van der Waals surface area contributed by atoms with Crippen LogP contribution in [0.2, 0.25) is 0 Å². The van der Waals surface area contributed by atoms with Gasteiger partial charge in [-0.05, 0) is 37.8 Å². The molecule has 2 aromatic carbocycles. The van der Waals surface area contributed by atoms with Crippen LogP contribution in [0.15, 0.2) is 42.5 Å². The van der Waals surface area contributed by atoms with Crippen LogP contribution in [0.25, 0.3) is 16.5 Å². The Balaban J connectivity index is 1.92. The van der Waals surface area contributed by atoms with Crippen molar-refractivity contribution in [3.63, 3.8) is 0 Å². The van der Waals surface area contributed by atoms with E-state index in [4.69, 9.17) is 0 Å². The molecule has 1 atom stereocenters. The van der Waals surface area contributed by atoms with Crippen molar-refractivity contribution in [3.8, 4) is 5.69 Å². The van der Waals surface area contributed by atoms with Crippen molar-refractivity contribution in [2.75, 3.05) is 6.54 Å². The lowest BCUT2D eigenvalue weighted by molar-refractivity contribution is 0.584. The van der Waals surface area contributed by atoms with Gasteiger partial charge >= 0.3 is 0 Å². The molecule has 21 heavy (non-hydrogen) atoms. The summed E-state index contributed by atoms with van der Waals surface area (Å²) in [5.74, 6) is 1.85. The monoisotopic (exact) mass is 278 g/mol. The van der Waals surface area contributed by atoms with Crippen LogP contribution < -0.4 is 5.32 Å². The Morgan fingerprint density at radius 3 is 2.86 bits per heavy atom. The molecule has 0 spiro atoms. The van der Waals surface area contributed by atoms with Gasteiger partial charge in [0.25, 0.3) is 0 Å². The third-order valence-electron chi connectivity index (χ3n) is 4.10. The number of nitrogens with zero attached hydrogens (tertiary/aromatic N) is 3. The van der Waals surface area contributed by atoms with Gasteiger partial charge in [0, 0.05) is 5.39 Å². The molecule has 4 rings (SSSR count). The van der Waals surface area contributed by atoms with Crippen LogP contribution in [0.4, 0.5) is 0 Å². The molecule has 3 aromatic rings. The molecule has 1 N–H and O–H groups in total. The van der Waals surface area contributed by atoms with Crippen LogP contribution in [0.1, 0.15) is 30.5 Å². The van der Waals surface area contributed by atoms with Gasteiger partial charge in [-0.25, -0.2) is 9.67 Å². The minimum absolute atomic E-state index is 0.310. The summed E-state index contributed by atoms with van der Waals surface area (Å²) in [5, 5.41) is 10.6. The van der Waals surface area contributed by atoms with E-state index in [0.29, 0.717) is 6.04 Å². The lowest BCUT2D eigenvalue weighted by Crippen LogP contribution is -2.18. The topological polar surface area (TPSA) is 42.7 Å². The Kier molecular flexibility index (Phi) is 2.97. The van der Waals surface area contributed by atoms with Crippen molar-refractivity contribution >= 4 is 10.8 Å². The van der Waals surface area contributed by atoms with E-state index < -0.39 is 0 Å². The lowest BCUT2D eigenvalue weighted by atomic mass is 10.1. The van der Waals surface area contributed by atoms with Crippen molar-refractivity contribution in [3.05, 3.63) is 54.1 Å². The van der Waals surface area contributed by atoms with E-state index >= 15 is 0 Å². The van der Waals surface area contributed by atoms with Gasteiger partial charge in [-0.3, -0.25) is 0 Å². The molecule has 4 nitrogen and oxygen atoms in total. The summed E-state index contributed by atoms with van der Waals surface area (Å²) in [6.45, 7) is 3.02. The second kappa shape index (κ2) is 4.97. The number of aryl methyl sites for hydroxylation is 1. The normalized spacial score (nSPS) is 18.4. The predicted octanol–water partition coefficient (Wildman–Crippen LogP) is 3.15. The molecule has 0 amide bonds. The summed E-state index contributed by atoms with van der Waals surface area (Å²) in [5.41, 5.74) is 1.11. The van der Waals surface area contributed by atoms with Gasteiger partial charge in [-0.2, -0.15) is 5.10 Å². The Labute approximate surface area is 123 Å². The van der Waals surface area contributed by atoms with Gasteiger partial charge in [-0.15, -0.1) is 0 Å². The molecule has 0 bridgehead atoms. The molecule has 1 aliphatic heterocycles. The third kappa shape index (κ3) is 2.12. The Morgan fingerprint density at radius 2 is 2.00 bits per heavy atom. The van der Waals surface area contributed by atoms with Crippen LogP contribution in [-0.2, 0) is 0 Å². The van der Waals surface area contributed by atoms with Crippen molar-refractivity contribution < 1.29 is 0 Å². The molecular weight excluding hydrogens is 260 g/mol. The fraction of sp³-hybridized carbons (Fsp3) is 0.294. The van der Waals surface area contributed by atoms with Crippen LogP contribution in [-0.4, -0.2) is 21.3 Å². The van der Waals surface area contributed by atoms with Crippen molar-refractivity contribution in [1.82, 2.24) is 20.1 Å². The summed E-state index contributed by atoms with van der Waals surface area (Å²) < 4.78 is 2.01. The van der Waals surface area contributed by atoms with Crippen LogP contribution >= 0.6 is 0 Å². The summed E-state index contributed by atoms with van der Waals surface area (Å²) in [6.07, 6.45) is 2.33. The van der Waals surface area contributed by atoms with Gasteiger partial charge in [0.15, 0.2) is 0 Å². The molecule has 106 valence electrons. The highest BCUT2D eigenvalue weighted by Gasteiger charge is 2.23. The molecule has 1 fully saturated rings. The average molecular weight is 278 g/mol. The van der Waals surface area contributed by atoms with E-state index in [1.54, 1.807) is 0 Å². The van der Waals surface area contributed by atoms with E-state index in [-0.39, 0.29) is 0 Å². The molecule has 0 radical (unpaired) electrons. The molecule has 4 heteroatoms. The maximum Gasteiger partial charge on any atom is 0.149 e. The first-order valence-electron chi connectivity index (χ1n) is 7.48. The van der Waals surface area contributed by atoms with Gasteiger partial charge in [-0.1, -0.05) is 36.4 Å². The maximum absolute atomic E-state index is 4.67. The summed E-state index contributed by atoms with van der Waals surface area (Å²) in [4.78, 5) is 4.67. The second-order valence-corrected chi connectivity index (χ2v) is 5.58. The zero-order valence-corrected chi connectivity index (χ0v) is 12.1. The first-order chi connectivity index (χ1) is 10.3. The molecule has 1 aromatic heterocycles. The summed E-state index contributed by atoms with van der Waals surface area (Å²) in [7, 11) is 0. The van der Waals surface area contributed by atoms with Crippen molar-refractivity contribution in [2.24, 2.45) is 0 Å². The Hall–Kier alpha value is -2.20. The highest BCUT2D eigenvalue weighted by molar-refractivity contribution is 5.90. The lowest BCUT2D eigenvalue weighted by Gasteiger charge is -2.13. The minimum Gasteiger partial charge on any atom is -0.307 e. The number of nitrogens with one attached hydrogen (secondary N) is 1. The maximum atomic E-state index is 4.67. The average Bonchev–Trinajstić information content (AvgIpc) is 3.15. The minimum atomic E-state index is 0.310. The van der Waals surface area contributed by atoms with Gasteiger partial charge in [0.2, 0.25) is 0 Å². The highest BCUT2D eigenvalue weighted by atomic mass is 15.4. The van der Waals surface area contributed by atoms with Crippen LogP contribution in [0, 0.1) is 6.92 Å². The number of aromatic nitrogens is 3. The SMILES string of the molecule is Cc1nc(C2CCCN2)n(-c2cccc3ccccc23)n1. The van der Waals surface area contributed by atoms with E-state index in [0.717, 1.165) is 30.3 Å². The van der Waals surface area contributed by atoms with Crippen LogP contribution in [0.5, 0.6) is 0 Å². The van der Waals surface area contributed by atoms with E-state index in [9.17, 15) is 0 Å². The molecular formula is C17H18N4. The van der Waals surface area contributed by atoms with E-state index in [2.05, 4.69) is 57.9 Å². The number of fused-ring (bicyclic) bond motifs is 1. The molecule has 2 heterocycles. The zero-order chi connectivity index (χ0) is 14.2. The Morgan fingerprint density at radius 1 is 1.14 bits per heavy atom. The van der Waals surface area contributed by atoms with Crippen molar-refractivity contribution in [2.45, 2.75) is 25.8 Å². The number of hydrogen-bond acceptors (Lipinski definition) is 3. The van der Waals surface area contributed by atoms with E-state index in [1.165, 1.54) is 17.2 Å². The summed E-state index contributed by atoms with van der Waals surface area (Å²) in [6, 6.07) is 15.1. The van der Waals surface area contributed by atoms with Crippen LogP contribution in [0.3, 0.4) is 0 Å². The quantitative estimate of drug-likeness (QED) is 0.783. The first-order valence-corrected chi connectivity index (χ1v) is 7.48. The highest BCUT2D eigenvalue weighted by Crippen LogP contribution is 2.27. The second-order valence-electron chi connectivity index (χ2n) is 5.58. The predicted molar refractivity (Wildman–Crippen MR) is 83.6 cm³/mol. The fourth-order valence-electron chi connectivity index (χ4n) is 3.13. The molecule has 0 saturated carbocycles. The largest absolute Gasteiger partial charge is 0.307 e. The molecule has 1 saturated heterocycles.